The first-order valence-electron chi connectivity index (χ1n) is 4.48. The Morgan fingerprint density at radius 3 is 2.64 bits per heavy atom. The van der Waals surface area contributed by atoms with Crippen LogP contribution < -0.4 is 0 Å². The van der Waals surface area contributed by atoms with Gasteiger partial charge in [-0.1, -0.05) is 44.0 Å². The zero-order valence-corrected chi connectivity index (χ0v) is 7.96. The third-order valence-corrected chi connectivity index (χ3v) is 2.66. The molecule has 0 fully saturated rings. The Balaban J connectivity index is 2.75. The number of aliphatic hydroxyl groups excluding tert-OH is 1. The van der Waals surface area contributed by atoms with E-state index in [0.717, 1.165) is 22.3 Å². The average molecular weight is 184 g/mol. The van der Waals surface area contributed by atoms with Crippen molar-refractivity contribution in [2.45, 2.75) is 6.10 Å². The second-order valence-electron chi connectivity index (χ2n) is 3.42. The molecule has 0 saturated carbocycles. The van der Waals surface area contributed by atoms with Crippen molar-refractivity contribution in [3.63, 3.8) is 0 Å². The Bertz CT molecular complexity index is 441. The molecule has 1 heteroatoms. The minimum Gasteiger partial charge on any atom is -0.384 e. The van der Waals surface area contributed by atoms with Crippen molar-refractivity contribution < 1.29 is 5.11 Å². The number of benzene rings is 1. The summed E-state index contributed by atoms with van der Waals surface area (Å²) in [4.78, 5) is 0. The molecule has 0 bridgehead atoms. The third-order valence-electron chi connectivity index (χ3n) is 2.66. The molecule has 1 aromatic carbocycles. The van der Waals surface area contributed by atoms with E-state index in [1.165, 1.54) is 0 Å². The van der Waals surface area contributed by atoms with Gasteiger partial charge in [0.05, 0.1) is 0 Å². The van der Waals surface area contributed by atoms with Crippen molar-refractivity contribution in [3.8, 4) is 0 Å². The summed E-state index contributed by atoms with van der Waals surface area (Å²) in [6.07, 6.45) is 1.17. The smallest absolute Gasteiger partial charge is 0.105 e. The van der Waals surface area contributed by atoms with Crippen molar-refractivity contribution in [2.24, 2.45) is 0 Å². The van der Waals surface area contributed by atoms with Gasteiger partial charge < -0.3 is 5.11 Å². The average Bonchev–Trinajstić information content (AvgIpc) is 2.44. The summed E-state index contributed by atoms with van der Waals surface area (Å²) in [6, 6.07) is 5.77. The predicted molar refractivity (Wildman–Crippen MR) is 59.7 cm³/mol. The Kier molecular flexibility index (Phi) is 1.90. The Hall–Kier alpha value is -1.60. The summed E-state index contributed by atoms with van der Waals surface area (Å²) in [6.45, 7) is 11.5. The van der Waals surface area contributed by atoms with Crippen molar-refractivity contribution in [1.29, 1.82) is 0 Å². The van der Waals surface area contributed by atoms with Crippen LogP contribution in [0.15, 0.2) is 43.5 Å². The maximum atomic E-state index is 9.85. The molecule has 0 aromatic heterocycles. The number of rotatable bonds is 1. The molecule has 0 aliphatic heterocycles. The summed E-state index contributed by atoms with van der Waals surface area (Å²) >= 11 is 0. The number of hydrogen-bond donors (Lipinski definition) is 1. The van der Waals surface area contributed by atoms with Crippen LogP contribution >= 0.6 is 0 Å². The largest absolute Gasteiger partial charge is 0.384 e. The fraction of sp³-hybridized carbons (Fsp3) is 0.0769. The number of hydrogen-bond acceptors (Lipinski definition) is 1. The standard InChI is InChI=1S/C13H12O/c1-4-10-6-5-7-11-12(10)8(2)9(3)13(11)14/h4-7,13-14H,1-3H2. The highest BCUT2D eigenvalue weighted by atomic mass is 16.3. The summed E-state index contributed by atoms with van der Waals surface area (Å²) in [5.41, 5.74) is 4.39. The van der Waals surface area contributed by atoms with Crippen LogP contribution in [0.1, 0.15) is 22.8 Å². The highest BCUT2D eigenvalue weighted by molar-refractivity contribution is 5.89. The first kappa shape index (κ1) is 8.97. The second-order valence-corrected chi connectivity index (χ2v) is 3.42. The van der Waals surface area contributed by atoms with Crippen LogP contribution in [0.4, 0.5) is 0 Å². The van der Waals surface area contributed by atoms with E-state index >= 15 is 0 Å². The van der Waals surface area contributed by atoms with Crippen LogP contribution in [-0.4, -0.2) is 5.11 Å². The topological polar surface area (TPSA) is 20.2 Å². The zero-order chi connectivity index (χ0) is 10.3. The van der Waals surface area contributed by atoms with E-state index in [4.69, 9.17) is 0 Å². The molecule has 1 unspecified atom stereocenters. The van der Waals surface area contributed by atoms with Gasteiger partial charge in [-0.3, -0.25) is 0 Å². The molecule has 70 valence electrons. The number of aliphatic hydroxyl groups is 1. The SMILES string of the molecule is C=Cc1cccc2c1C(=C)C(=C)C2O. The van der Waals surface area contributed by atoms with Gasteiger partial charge in [-0.2, -0.15) is 0 Å². The Labute approximate surface area is 83.7 Å². The normalized spacial score (nSPS) is 19.6. The Morgan fingerprint density at radius 1 is 1.29 bits per heavy atom. The summed E-state index contributed by atoms with van der Waals surface area (Å²) in [5, 5.41) is 9.85. The molecule has 1 aromatic rings. The van der Waals surface area contributed by atoms with Gasteiger partial charge in [-0.15, -0.1) is 0 Å². The van der Waals surface area contributed by atoms with Gasteiger partial charge in [-0.25, -0.2) is 0 Å². The molecule has 14 heavy (non-hydrogen) atoms. The monoisotopic (exact) mass is 184 g/mol. The van der Waals surface area contributed by atoms with Crippen LogP contribution in [0.3, 0.4) is 0 Å². The van der Waals surface area contributed by atoms with Gasteiger partial charge in [0, 0.05) is 0 Å². The molecule has 0 radical (unpaired) electrons. The highest BCUT2D eigenvalue weighted by Gasteiger charge is 2.28. The van der Waals surface area contributed by atoms with E-state index in [1.807, 2.05) is 18.2 Å². The Morgan fingerprint density at radius 2 is 2.00 bits per heavy atom. The molecular weight excluding hydrogens is 172 g/mol. The molecule has 1 aliphatic rings. The molecule has 1 atom stereocenters. The van der Waals surface area contributed by atoms with Crippen LogP contribution in [0.25, 0.3) is 11.6 Å². The van der Waals surface area contributed by atoms with Gasteiger partial charge in [0.2, 0.25) is 0 Å². The van der Waals surface area contributed by atoms with E-state index in [1.54, 1.807) is 6.08 Å². The number of fused-ring (bicyclic) bond motifs is 1. The maximum Gasteiger partial charge on any atom is 0.105 e. The predicted octanol–water partition coefficient (Wildman–Crippen LogP) is 2.95. The minimum absolute atomic E-state index is 0.600. The van der Waals surface area contributed by atoms with Crippen LogP contribution in [-0.2, 0) is 0 Å². The zero-order valence-electron chi connectivity index (χ0n) is 7.96. The summed E-state index contributed by atoms with van der Waals surface area (Å²) < 4.78 is 0. The fourth-order valence-electron chi connectivity index (χ4n) is 1.85. The highest BCUT2D eigenvalue weighted by Crippen LogP contribution is 2.43. The van der Waals surface area contributed by atoms with Gasteiger partial charge >= 0.3 is 0 Å². The first-order chi connectivity index (χ1) is 6.66. The molecule has 0 amide bonds. The third kappa shape index (κ3) is 0.994. The molecule has 1 N–H and O–H groups in total. The van der Waals surface area contributed by atoms with Gasteiger partial charge in [0.15, 0.2) is 0 Å². The molecule has 0 spiro atoms. The lowest BCUT2D eigenvalue weighted by molar-refractivity contribution is 0.225. The minimum atomic E-state index is -0.600. The van der Waals surface area contributed by atoms with E-state index in [0.29, 0.717) is 5.57 Å². The summed E-state index contributed by atoms with van der Waals surface area (Å²) in [7, 11) is 0. The fourth-order valence-corrected chi connectivity index (χ4v) is 1.85. The quantitative estimate of drug-likeness (QED) is 0.711. The van der Waals surface area contributed by atoms with E-state index in [9.17, 15) is 5.11 Å². The van der Waals surface area contributed by atoms with Crippen molar-refractivity contribution in [1.82, 2.24) is 0 Å². The van der Waals surface area contributed by atoms with Crippen LogP contribution in [0.2, 0.25) is 0 Å². The van der Waals surface area contributed by atoms with Crippen molar-refractivity contribution in [2.75, 3.05) is 0 Å². The molecule has 1 nitrogen and oxygen atoms in total. The van der Waals surface area contributed by atoms with E-state index in [-0.39, 0.29) is 0 Å². The van der Waals surface area contributed by atoms with Gasteiger partial charge in [-0.05, 0) is 27.8 Å². The molecular formula is C13H12O. The lowest BCUT2D eigenvalue weighted by atomic mass is 10.0. The van der Waals surface area contributed by atoms with Crippen LogP contribution in [0.5, 0.6) is 0 Å². The molecule has 1 aliphatic carbocycles. The molecule has 0 heterocycles. The lowest BCUT2D eigenvalue weighted by Crippen LogP contribution is -1.92. The molecule has 2 rings (SSSR count). The van der Waals surface area contributed by atoms with Gasteiger partial charge in [0.25, 0.3) is 0 Å². The second kappa shape index (κ2) is 2.96. The molecule has 0 saturated heterocycles. The van der Waals surface area contributed by atoms with E-state index in [2.05, 4.69) is 19.7 Å². The van der Waals surface area contributed by atoms with E-state index < -0.39 is 6.10 Å². The van der Waals surface area contributed by atoms with Gasteiger partial charge in [0.1, 0.15) is 6.10 Å². The maximum absolute atomic E-state index is 9.85. The summed E-state index contributed by atoms with van der Waals surface area (Å²) in [5.74, 6) is 0. The van der Waals surface area contributed by atoms with Crippen LogP contribution in [0, 0.1) is 0 Å². The van der Waals surface area contributed by atoms with Crippen molar-refractivity contribution in [3.05, 3.63) is 60.2 Å². The first-order valence-corrected chi connectivity index (χ1v) is 4.48. The lowest BCUT2D eigenvalue weighted by Gasteiger charge is -2.04. The van der Waals surface area contributed by atoms with Crippen molar-refractivity contribution >= 4 is 11.6 Å².